The Morgan fingerprint density at radius 2 is 1.96 bits per heavy atom. The van der Waals surface area contributed by atoms with E-state index in [1.54, 1.807) is 30.1 Å². The molecule has 140 valence electrons. The molecule has 4 rings (SSSR count). The van der Waals surface area contributed by atoms with Gasteiger partial charge in [-0.25, -0.2) is 0 Å². The molecule has 0 N–H and O–H groups in total. The Bertz CT molecular complexity index is 914. The van der Waals surface area contributed by atoms with E-state index in [0.717, 1.165) is 43.5 Å². The number of nitrogens with zero attached hydrogens (tertiary/aromatic N) is 4. The normalized spacial score (nSPS) is 19.4. The predicted molar refractivity (Wildman–Crippen MR) is 101 cm³/mol. The van der Waals surface area contributed by atoms with E-state index in [4.69, 9.17) is 0 Å². The lowest BCUT2D eigenvalue weighted by Gasteiger charge is -2.38. The van der Waals surface area contributed by atoms with Crippen molar-refractivity contribution in [2.24, 2.45) is 13.0 Å². The smallest absolute Gasteiger partial charge is 0.269 e. The second kappa shape index (κ2) is 6.98. The molecule has 1 aliphatic heterocycles. The number of hydrogen-bond acceptors (Lipinski definition) is 4. The lowest BCUT2D eigenvalue weighted by Crippen LogP contribution is -2.39. The number of rotatable bonds is 3. The zero-order chi connectivity index (χ0) is 19.0. The molecule has 0 spiro atoms. The largest absolute Gasteiger partial charge is 0.312 e. The Hall–Kier alpha value is -2.96. The van der Waals surface area contributed by atoms with Crippen LogP contribution < -0.4 is 0 Å². The lowest BCUT2D eigenvalue weighted by atomic mass is 9.84. The van der Waals surface area contributed by atoms with Crippen molar-refractivity contribution in [1.29, 1.82) is 0 Å². The number of allylic oxidation sites excluding steroid dienone is 2. The van der Waals surface area contributed by atoms with Gasteiger partial charge in [-0.3, -0.25) is 19.6 Å². The van der Waals surface area contributed by atoms with E-state index >= 15 is 0 Å². The van der Waals surface area contributed by atoms with Crippen molar-refractivity contribution in [3.8, 4) is 11.3 Å². The minimum absolute atomic E-state index is 0.0278. The van der Waals surface area contributed by atoms with Gasteiger partial charge < -0.3 is 4.90 Å². The van der Waals surface area contributed by atoms with E-state index in [1.807, 2.05) is 4.90 Å². The van der Waals surface area contributed by atoms with Crippen molar-refractivity contribution < 1.29 is 9.72 Å². The van der Waals surface area contributed by atoms with Gasteiger partial charge in [-0.05, 0) is 50.2 Å². The third-order valence-corrected chi connectivity index (χ3v) is 5.54. The number of aromatic nitrogens is 2. The molecule has 1 unspecified atom stereocenters. The van der Waals surface area contributed by atoms with Gasteiger partial charge in [0.25, 0.3) is 11.6 Å². The first kappa shape index (κ1) is 17.5. The van der Waals surface area contributed by atoms with Crippen molar-refractivity contribution in [3.63, 3.8) is 0 Å². The summed E-state index contributed by atoms with van der Waals surface area (Å²) in [6.45, 7) is 0.732. The molecule has 0 radical (unpaired) electrons. The predicted octanol–water partition coefficient (Wildman–Crippen LogP) is 3.92. The van der Waals surface area contributed by atoms with Gasteiger partial charge in [0, 0.05) is 37.0 Å². The van der Waals surface area contributed by atoms with E-state index in [-0.39, 0.29) is 11.6 Å². The minimum Gasteiger partial charge on any atom is -0.312 e. The Morgan fingerprint density at radius 1 is 1.22 bits per heavy atom. The van der Waals surface area contributed by atoms with Crippen LogP contribution in [0.1, 0.15) is 42.5 Å². The number of likely N-dealkylation sites (tertiary alicyclic amines) is 1. The summed E-state index contributed by atoms with van der Waals surface area (Å²) in [5, 5.41) is 15.2. The summed E-state index contributed by atoms with van der Waals surface area (Å²) >= 11 is 0. The molecule has 1 amide bonds. The third-order valence-electron chi connectivity index (χ3n) is 5.54. The van der Waals surface area contributed by atoms with Gasteiger partial charge in [-0.2, -0.15) is 5.10 Å². The van der Waals surface area contributed by atoms with Gasteiger partial charge in [0.2, 0.25) is 0 Å². The fourth-order valence-corrected chi connectivity index (χ4v) is 4.22. The standard InChI is InChI=1S/C20H22N4O3/c1-22-19(15-8-10-16(11-9-15)24(26)27)17(13-21-22)20(25)23-12-4-6-14-5-2-3-7-18(14)23/h7-11,13-14H,2-6,12H2,1H3. The first-order chi connectivity index (χ1) is 13.1. The Balaban J connectivity index is 1.69. The molecule has 7 heteroatoms. The number of piperidine rings is 1. The molecular formula is C20H22N4O3. The van der Waals surface area contributed by atoms with E-state index in [0.29, 0.717) is 17.2 Å². The Labute approximate surface area is 157 Å². The van der Waals surface area contributed by atoms with Gasteiger partial charge >= 0.3 is 0 Å². The van der Waals surface area contributed by atoms with E-state index in [2.05, 4.69) is 11.2 Å². The number of nitro groups is 1. The summed E-state index contributed by atoms with van der Waals surface area (Å²) in [6, 6.07) is 6.25. The molecule has 2 aromatic rings. The minimum atomic E-state index is -0.428. The fraction of sp³-hybridized carbons (Fsp3) is 0.400. The van der Waals surface area contributed by atoms with Crippen LogP contribution in [0.5, 0.6) is 0 Å². The number of hydrogen-bond donors (Lipinski definition) is 0. The molecule has 1 aromatic carbocycles. The van der Waals surface area contributed by atoms with Crippen LogP contribution in [0.3, 0.4) is 0 Å². The number of nitro benzene ring substituents is 1. The topological polar surface area (TPSA) is 81.3 Å². The highest BCUT2D eigenvalue weighted by molar-refractivity contribution is 6.01. The molecule has 2 heterocycles. The third kappa shape index (κ3) is 3.13. The maximum atomic E-state index is 13.4. The number of carbonyl (C=O) groups is 1. The zero-order valence-electron chi connectivity index (χ0n) is 15.3. The maximum Gasteiger partial charge on any atom is 0.269 e. The van der Waals surface area contributed by atoms with Crippen LogP contribution in [0.4, 0.5) is 5.69 Å². The van der Waals surface area contributed by atoms with Gasteiger partial charge in [0.15, 0.2) is 0 Å². The average Bonchev–Trinajstić information content (AvgIpc) is 3.08. The molecule has 1 saturated heterocycles. The molecule has 1 aromatic heterocycles. The number of non-ortho nitro benzene ring substituents is 1. The SMILES string of the molecule is Cn1ncc(C(=O)N2CCCC3CCCC=C32)c1-c1ccc([N+](=O)[O-])cc1. The number of carbonyl (C=O) groups excluding carboxylic acids is 1. The summed E-state index contributed by atoms with van der Waals surface area (Å²) in [4.78, 5) is 25.8. The Kier molecular flexibility index (Phi) is 4.51. The van der Waals surface area contributed by atoms with Crippen LogP contribution in [0, 0.1) is 16.0 Å². The van der Waals surface area contributed by atoms with Crippen molar-refractivity contribution in [2.75, 3.05) is 6.54 Å². The highest BCUT2D eigenvalue weighted by Crippen LogP contribution is 2.36. The van der Waals surface area contributed by atoms with E-state index in [1.165, 1.54) is 18.6 Å². The maximum absolute atomic E-state index is 13.4. The summed E-state index contributed by atoms with van der Waals surface area (Å²) in [5.41, 5.74) is 3.16. The number of benzene rings is 1. The van der Waals surface area contributed by atoms with Crippen LogP contribution in [0.15, 0.2) is 42.2 Å². The summed E-state index contributed by atoms with van der Waals surface area (Å²) in [5.74, 6) is 0.449. The molecule has 1 aliphatic carbocycles. The van der Waals surface area contributed by atoms with Gasteiger partial charge in [-0.1, -0.05) is 6.08 Å². The first-order valence-corrected chi connectivity index (χ1v) is 9.35. The van der Waals surface area contributed by atoms with Crippen LogP contribution in [0.2, 0.25) is 0 Å². The second-order valence-electron chi connectivity index (χ2n) is 7.19. The van der Waals surface area contributed by atoms with E-state index in [9.17, 15) is 14.9 Å². The highest BCUT2D eigenvalue weighted by atomic mass is 16.6. The lowest BCUT2D eigenvalue weighted by molar-refractivity contribution is -0.384. The van der Waals surface area contributed by atoms with Gasteiger partial charge in [-0.15, -0.1) is 0 Å². The van der Waals surface area contributed by atoms with Crippen molar-refractivity contribution in [3.05, 3.63) is 57.9 Å². The van der Waals surface area contributed by atoms with Crippen LogP contribution >= 0.6 is 0 Å². The molecule has 0 bridgehead atoms. The molecule has 1 fully saturated rings. The quantitative estimate of drug-likeness (QED) is 0.609. The van der Waals surface area contributed by atoms with Crippen molar-refractivity contribution >= 4 is 11.6 Å². The van der Waals surface area contributed by atoms with Gasteiger partial charge in [0.05, 0.1) is 22.4 Å². The molecule has 7 nitrogen and oxygen atoms in total. The van der Waals surface area contributed by atoms with Crippen LogP contribution in [-0.4, -0.2) is 32.1 Å². The second-order valence-corrected chi connectivity index (χ2v) is 7.19. The average molecular weight is 366 g/mol. The monoisotopic (exact) mass is 366 g/mol. The molecule has 27 heavy (non-hydrogen) atoms. The number of fused-ring (bicyclic) bond motifs is 1. The summed E-state index contributed by atoms with van der Waals surface area (Å²) < 4.78 is 1.66. The summed E-state index contributed by atoms with van der Waals surface area (Å²) in [7, 11) is 1.78. The van der Waals surface area contributed by atoms with Crippen LogP contribution in [-0.2, 0) is 7.05 Å². The fourth-order valence-electron chi connectivity index (χ4n) is 4.22. The van der Waals surface area contributed by atoms with Crippen LogP contribution in [0.25, 0.3) is 11.3 Å². The van der Waals surface area contributed by atoms with Gasteiger partial charge in [0.1, 0.15) is 0 Å². The molecule has 1 atom stereocenters. The molecule has 2 aliphatic rings. The first-order valence-electron chi connectivity index (χ1n) is 9.35. The van der Waals surface area contributed by atoms with E-state index < -0.39 is 4.92 Å². The molecule has 0 saturated carbocycles. The molecular weight excluding hydrogens is 344 g/mol. The summed E-state index contributed by atoms with van der Waals surface area (Å²) in [6.07, 6.45) is 9.35. The van der Waals surface area contributed by atoms with Crippen molar-refractivity contribution in [1.82, 2.24) is 14.7 Å². The Morgan fingerprint density at radius 3 is 2.70 bits per heavy atom. The van der Waals surface area contributed by atoms with Crippen molar-refractivity contribution in [2.45, 2.75) is 32.1 Å². The number of aryl methyl sites for hydroxylation is 1. The number of amides is 1. The zero-order valence-corrected chi connectivity index (χ0v) is 15.3. The highest BCUT2D eigenvalue weighted by Gasteiger charge is 2.32.